The van der Waals surface area contributed by atoms with Crippen molar-refractivity contribution in [3.63, 3.8) is 0 Å². The molecule has 2 fully saturated rings. The molecular weight excluding hydrogens is 370 g/mol. The molecule has 3 heterocycles. The lowest BCUT2D eigenvalue weighted by Crippen LogP contribution is -2.44. The van der Waals surface area contributed by atoms with E-state index in [0.29, 0.717) is 24.7 Å². The summed E-state index contributed by atoms with van der Waals surface area (Å²) >= 11 is 0. The molecule has 1 spiro atoms. The number of hydrogen-bond acceptors (Lipinski definition) is 4. The van der Waals surface area contributed by atoms with Gasteiger partial charge < -0.3 is 20.3 Å². The predicted octanol–water partition coefficient (Wildman–Crippen LogP) is 2.09. The average Bonchev–Trinajstić information content (AvgIpc) is 3.30. The maximum absolute atomic E-state index is 13.3. The lowest BCUT2D eigenvalue weighted by atomic mass is 9.77. The van der Waals surface area contributed by atoms with E-state index in [2.05, 4.69) is 24.5 Å². The Balaban J connectivity index is 1.52. The minimum absolute atomic E-state index is 0.0897. The molecule has 3 aliphatic heterocycles. The minimum atomic E-state index is -0.738. The monoisotopic (exact) mass is 397 g/mol. The molecule has 3 aliphatic rings. The second-order valence-corrected chi connectivity index (χ2v) is 8.53. The zero-order chi connectivity index (χ0) is 20.8. The zero-order valence-corrected chi connectivity index (χ0v) is 17.0. The van der Waals surface area contributed by atoms with Gasteiger partial charge in [-0.2, -0.15) is 0 Å². The predicted molar refractivity (Wildman–Crippen MR) is 109 cm³/mol. The molecule has 2 bridgehead atoms. The quantitative estimate of drug-likeness (QED) is 0.720. The van der Waals surface area contributed by atoms with Crippen molar-refractivity contribution < 1.29 is 19.1 Å². The number of fused-ring (bicyclic) bond motifs is 1. The van der Waals surface area contributed by atoms with E-state index >= 15 is 0 Å². The molecule has 0 radical (unpaired) electrons. The van der Waals surface area contributed by atoms with Crippen molar-refractivity contribution in [3.8, 4) is 0 Å². The summed E-state index contributed by atoms with van der Waals surface area (Å²) in [4.78, 5) is 39.0. The van der Waals surface area contributed by atoms with Crippen molar-refractivity contribution >= 4 is 29.1 Å². The first-order valence-electron chi connectivity index (χ1n) is 10.1. The molecule has 2 N–H and O–H groups in total. The van der Waals surface area contributed by atoms with E-state index in [1.165, 1.54) is 6.92 Å². The molecule has 7 nitrogen and oxygen atoms in total. The lowest BCUT2D eigenvalue weighted by Gasteiger charge is -2.23. The van der Waals surface area contributed by atoms with Crippen molar-refractivity contribution in [3.05, 3.63) is 36.4 Å². The minimum Gasteiger partial charge on any atom is -0.360 e. The summed E-state index contributed by atoms with van der Waals surface area (Å²) in [7, 11) is 0. The second-order valence-electron chi connectivity index (χ2n) is 8.53. The number of nitrogens with one attached hydrogen (secondary N) is 2. The number of rotatable bonds is 6. The topological polar surface area (TPSA) is 87.7 Å². The lowest BCUT2D eigenvalue weighted by molar-refractivity contribution is -0.131. The van der Waals surface area contributed by atoms with Gasteiger partial charge in [-0.3, -0.25) is 14.4 Å². The van der Waals surface area contributed by atoms with Gasteiger partial charge in [0.1, 0.15) is 5.60 Å². The summed E-state index contributed by atoms with van der Waals surface area (Å²) in [6.45, 7) is 6.66. The molecule has 0 aliphatic carbocycles. The van der Waals surface area contributed by atoms with E-state index in [-0.39, 0.29) is 23.8 Å². The molecule has 4 rings (SSSR count). The Morgan fingerprint density at radius 2 is 2.00 bits per heavy atom. The fraction of sp³-hybridized carbons (Fsp3) is 0.500. The van der Waals surface area contributed by atoms with Gasteiger partial charge in [0, 0.05) is 24.8 Å². The average molecular weight is 397 g/mol. The third kappa shape index (κ3) is 3.44. The van der Waals surface area contributed by atoms with E-state index < -0.39 is 17.4 Å². The van der Waals surface area contributed by atoms with Crippen LogP contribution in [0.2, 0.25) is 0 Å². The van der Waals surface area contributed by atoms with Crippen LogP contribution in [0.5, 0.6) is 0 Å². The number of carbonyl (C=O) groups is 3. The molecule has 29 heavy (non-hydrogen) atoms. The SMILES string of the molecule is CC(=O)Nc1ccc(N2C[C@@]34C=C[C@@H](O3)[C@H](C(=O)NCCC(C)C)[C@@H]4C2=O)cc1. The Kier molecular flexibility index (Phi) is 4.94. The Morgan fingerprint density at radius 1 is 1.28 bits per heavy atom. The van der Waals surface area contributed by atoms with Crippen LogP contribution in [0.15, 0.2) is 36.4 Å². The summed E-state index contributed by atoms with van der Waals surface area (Å²) in [5, 5.41) is 5.70. The Hall–Kier alpha value is -2.67. The van der Waals surface area contributed by atoms with Crippen molar-refractivity contribution in [1.29, 1.82) is 0 Å². The molecule has 3 amide bonds. The van der Waals surface area contributed by atoms with E-state index in [0.717, 1.165) is 12.1 Å². The van der Waals surface area contributed by atoms with Gasteiger partial charge >= 0.3 is 0 Å². The maximum Gasteiger partial charge on any atom is 0.234 e. The first-order valence-corrected chi connectivity index (χ1v) is 10.1. The molecule has 0 unspecified atom stereocenters. The van der Waals surface area contributed by atoms with Gasteiger partial charge in [-0.05, 0) is 36.6 Å². The maximum atomic E-state index is 13.3. The van der Waals surface area contributed by atoms with Gasteiger partial charge in [0.05, 0.1) is 24.5 Å². The van der Waals surface area contributed by atoms with Gasteiger partial charge in [0.25, 0.3) is 0 Å². The molecule has 4 atom stereocenters. The number of carbonyl (C=O) groups excluding carboxylic acids is 3. The fourth-order valence-corrected chi connectivity index (χ4v) is 4.55. The van der Waals surface area contributed by atoms with Crippen molar-refractivity contribution in [1.82, 2.24) is 5.32 Å². The number of anilines is 2. The van der Waals surface area contributed by atoms with Crippen LogP contribution in [-0.2, 0) is 19.1 Å². The highest BCUT2D eigenvalue weighted by Gasteiger charge is 2.67. The molecule has 1 aromatic carbocycles. The molecule has 7 heteroatoms. The van der Waals surface area contributed by atoms with Gasteiger partial charge in [-0.25, -0.2) is 0 Å². The Bertz CT molecular complexity index is 863. The largest absolute Gasteiger partial charge is 0.360 e. The summed E-state index contributed by atoms with van der Waals surface area (Å²) in [5.41, 5.74) is 0.663. The van der Waals surface area contributed by atoms with Crippen LogP contribution in [0.4, 0.5) is 11.4 Å². The summed E-state index contributed by atoms with van der Waals surface area (Å²) in [5.74, 6) is -0.849. The third-order valence-corrected chi connectivity index (χ3v) is 5.92. The summed E-state index contributed by atoms with van der Waals surface area (Å²) in [6.07, 6.45) is 4.42. The molecule has 0 aromatic heterocycles. The van der Waals surface area contributed by atoms with Crippen LogP contribution in [-0.4, -0.2) is 42.5 Å². The Morgan fingerprint density at radius 3 is 2.66 bits per heavy atom. The van der Waals surface area contributed by atoms with Crippen LogP contribution in [0.3, 0.4) is 0 Å². The van der Waals surface area contributed by atoms with Crippen molar-refractivity contribution in [2.45, 2.75) is 38.9 Å². The number of hydrogen-bond donors (Lipinski definition) is 2. The van der Waals surface area contributed by atoms with Crippen LogP contribution in [0, 0.1) is 17.8 Å². The van der Waals surface area contributed by atoms with E-state index in [1.807, 2.05) is 12.2 Å². The molecular formula is C22H27N3O4. The highest BCUT2D eigenvalue weighted by atomic mass is 16.5. The number of nitrogens with zero attached hydrogens (tertiary/aromatic N) is 1. The van der Waals surface area contributed by atoms with Crippen molar-refractivity contribution in [2.24, 2.45) is 17.8 Å². The highest BCUT2D eigenvalue weighted by Crippen LogP contribution is 2.52. The zero-order valence-electron chi connectivity index (χ0n) is 17.0. The van der Waals surface area contributed by atoms with E-state index in [4.69, 9.17) is 4.74 Å². The highest BCUT2D eigenvalue weighted by molar-refractivity contribution is 6.03. The molecule has 2 saturated heterocycles. The van der Waals surface area contributed by atoms with Gasteiger partial charge in [0.2, 0.25) is 17.7 Å². The normalized spacial score (nSPS) is 29.4. The Labute approximate surface area is 170 Å². The van der Waals surface area contributed by atoms with Gasteiger partial charge in [-0.15, -0.1) is 0 Å². The second kappa shape index (κ2) is 7.30. The van der Waals surface area contributed by atoms with E-state index in [9.17, 15) is 14.4 Å². The molecule has 1 aromatic rings. The standard InChI is InChI=1S/C22H27N3O4/c1-13(2)9-11-23-20(27)18-17-8-10-22(29-17)12-25(21(28)19(18)22)16-6-4-15(5-7-16)24-14(3)26/h4-8,10,13,17-19H,9,11-12H2,1-3H3,(H,23,27)(H,24,26)/t17-,18+,19-,22-/m1/s1. The van der Waals surface area contributed by atoms with Crippen molar-refractivity contribution in [2.75, 3.05) is 23.3 Å². The fourth-order valence-electron chi connectivity index (χ4n) is 4.55. The smallest absolute Gasteiger partial charge is 0.234 e. The number of amides is 3. The summed E-state index contributed by atoms with van der Waals surface area (Å²) < 4.78 is 6.15. The number of benzene rings is 1. The van der Waals surface area contributed by atoms with Crippen LogP contribution in [0.25, 0.3) is 0 Å². The van der Waals surface area contributed by atoms with Gasteiger partial charge in [-0.1, -0.05) is 26.0 Å². The first kappa shape index (κ1) is 19.6. The van der Waals surface area contributed by atoms with E-state index in [1.54, 1.807) is 29.2 Å². The third-order valence-electron chi connectivity index (χ3n) is 5.92. The number of ether oxygens (including phenoxy) is 1. The molecule has 0 saturated carbocycles. The first-order chi connectivity index (χ1) is 13.8. The molecule has 154 valence electrons. The van der Waals surface area contributed by atoms with Crippen LogP contribution < -0.4 is 15.5 Å². The summed E-state index contributed by atoms with van der Waals surface area (Å²) in [6, 6.07) is 7.13. The van der Waals surface area contributed by atoms with Crippen LogP contribution in [0.1, 0.15) is 27.2 Å². The van der Waals surface area contributed by atoms with Gasteiger partial charge in [0.15, 0.2) is 0 Å². The van der Waals surface area contributed by atoms with Crippen LogP contribution >= 0.6 is 0 Å².